The Hall–Kier alpha value is -3.41. The highest BCUT2D eigenvalue weighted by Crippen LogP contribution is 2.24. The molecule has 0 aliphatic rings. The fraction of sp³-hybridized carbons (Fsp3) is 0.150. The lowest BCUT2D eigenvalue weighted by Crippen LogP contribution is -2.00. The van der Waals surface area contributed by atoms with Crippen LogP contribution in [0, 0.1) is 0 Å². The van der Waals surface area contributed by atoms with E-state index in [1.165, 1.54) is 6.07 Å². The number of rotatable bonds is 5. The second kappa shape index (κ2) is 6.84. The SMILES string of the molecule is CCc1cc(=O)oc2cc(OCc3nnc(-c4ccccc4)o3)ccc12. The van der Waals surface area contributed by atoms with Gasteiger partial charge in [-0.05, 0) is 36.2 Å². The highest BCUT2D eigenvalue weighted by molar-refractivity contribution is 5.81. The maximum atomic E-state index is 11.7. The number of aromatic nitrogens is 2. The molecule has 2 aromatic carbocycles. The molecule has 6 nitrogen and oxygen atoms in total. The van der Waals surface area contributed by atoms with Crippen LogP contribution in [-0.4, -0.2) is 10.2 Å². The number of hydrogen-bond acceptors (Lipinski definition) is 6. The van der Waals surface area contributed by atoms with E-state index in [2.05, 4.69) is 10.2 Å². The summed E-state index contributed by atoms with van der Waals surface area (Å²) in [6, 6.07) is 16.5. The van der Waals surface area contributed by atoms with E-state index in [1.54, 1.807) is 6.07 Å². The van der Waals surface area contributed by atoms with Crippen molar-refractivity contribution in [1.29, 1.82) is 0 Å². The quantitative estimate of drug-likeness (QED) is 0.508. The Morgan fingerprint density at radius 1 is 1.00 bits per heavy atom. The zero-order chi connectivity index (χ0) is 17.9. The van der Waals surface area contributed by atoms with Gasteiger partial charge in [0.15, 0.2) is 6.61 Å². The first-order chi connectivity index (χ1) is 12.7. The maximum absolute atomic E-state index is 11.7. The fourth-order valence-electron chi connectivity index (χ4n) is 2.75. The van der Waals surface area contributed by atoms with E-state index in [-0.39, 0.29) is 12.2 Å². The lowest BCUT2D eigenvalue weighted by atomic mass is 10.1. The van der Waals surface area contributed by atoms with Crippen molar-refractivity contribution in [2.45, 2.75) is 20.0 Å². The lowest BCUT2D eigenvalue weighted by molar-refractivity contribution is 0.264. The monoisotopic (exact) mass is 348 g/mol. The summed E-state index contributed by atoms with van der Waals surface area (Å²) in [5.41, 5.74) is 1.94. The Kier molecular flexibility index (Phi) is 4.23. The van der Waals surface area contributed by atoms with Gasteiger partial charge in [0.2, 0.25) is 5.89 Å². The molecule has 0 saturated heterocycles. The first-order valence-electron chi connectivity index (χ1n) is 8.30. The minimum atomic E-state index is -0.365. The Morgan fingerprint density at radius 2 is 1.85 bits per heavy atom. The van der Waals surface area contributed by atoms with E-state index in [4.69, 9.17) is 13.6 Å². The Balaban J connectivity index is 1.53. The van der Waals surface area contributed by atoms with Crippen molar-refractivity contribution in [3.05, 3.63) is 76.5 Å². The van der Waals surface area contributed by atoms with Gasteiger partial charge in [-0.1, -0.05) is 25.1 Å². The third-order valence-electron chi connectivity index (χ3n) is 4.03. The standard InChI is InChI=1S/C20H16N2O4/c1-2-13-10-19(23)25-17-11-15(8-9-16(13)17)24-12-18-21-22-20(26-18)14-6-4-3-5-7-14/h3-11H,2,12H2,1H3. The molecule has 0 bridgehead atoms. The molecule has 0 saturated carbocycles. The van der Waals surface area contributed by atoms with E-state index < -0.39 is 0 Å². The highest BCUT2D eigenvalue weighted by atomic mass is 16.5. The van der Waals surface area contributed by atoms with Crippen molar-refractivity contribution in [2.24, 2.45) is 0 Å². The summed E-state index contributed by atoms with van der Waals surface area (Å²) in [6.07, 6.45) is 0.756. The van der Waals surface area contributed by atoms with Crippen LogP contribution in [0.1, 0.15) is 18.4 Å². The average molecular weight is 348 g/mol. The summed E-state index contributed by atoms with van der Waals surface area (Å²) in [6.45, 7) is 2.13. The minimum absolute atomic E-state index is 0.128. The summed E-state index contributed by atoms with van der Waals surface area (Å²) in [5, 5.41) is 8.93. The molecule has 26 heavy (non-hydrogen) atoms. The smallest absolute Gasteiger partial charge is 0.336 e. The van der Waals surface area contributed by atoms with Gasteiger partial charge in [-0.25, -0.2) is 4.79 Å². The zero-order valence-electron chi connectivity index (χ0n) is 14.1. The molecule has 6 heteroatoms. The van der Waals surface area contributed by atoms with Gasteiger partial charge in [0, 0.05) is 23.1 Å². The summed E-state index contributed by atoms with van der Waals surface area (Å²) in [7, 11) is 0. The van der Waals surface area contributed by atoms with Gasteiger partial charge < -0.3 is 13.6 Å². The van der Waals surface area contributed by atoms with E-state index in [9.17, 15) is 4.79 Å². The largest absolute Gasteiger partial charge is 0.484 e. The van der Waals surface area contributed by atoms with E-state index in [0.717, 1.165) is 22.9 Å². The van der Waals surface area contributed by atoms with Crippen LogP contribution in [0.15, 0.2) is 68.2 Å². The third-order valence-corrected chi connectivity index (χ3v) is 4.03. The molecular formula is C20H16N2O4. The van der Waals surface area contributed by atoms with Gasteiger partial charge in [-0.15, -0.1) is 10.2 Å². The molecule has 0 amide bonds. The first kappa shape index (κ1) is 16.1. The Bertz CT molecular complexity index is 1100. The molecule has 0 atom stereocenters. The van der Waals surface area contributed by atoms with Crippen LogP contribution in [0.25, 0.3) is 22.4 Å². The summed E-state index contributed by atoms with van der Waals surface area (Å²) in [5.74, 6) is 1.38. The lowest BCUT2D eigenvalue weighted by Gasteiger charge is -2.06. The topological polar surface area (TPSA) is 78.4 Å². The molecule has 0 N–H and O–H groups in total. The molecule has 0 radical (unpaired) electrons. The van der Waals surface area contributed by atoms with E-state index in [0.29, 0.717) is 23.1 Å². The summed E-state index contributed by atoms with van der Waals surface area (Å²) in [4.78, 5) is 11.7. The molecule has 0 spiro atoms. The predicted molar refractivity (Wildman–Crippen MR) is 95.9 cm³/mol. The molecule has 4 aromatic rings. The first-order valence-corrected chi connectivity index (χ1v) is 8.30. The van der Waals surface area contributed by atoms with E-state index >= 15 is 0 Å². The summed E-state index contributed by atoms with van der Waals surface area (Å²) >= 11 is 0. The summed E-state index contributed by atoms with van der Waals surface area (Å²) < 4.78 is 16.6. The number of ether oxygens (including phenoxy) is 1. The number of fused-ring (bicyclic) bond motifs is 1. The third kappa shape index (κ3) is 3.21. The molecule has 4 rings (SSSR count). The van der Waals surface area contributed by atoms with Gasteiger partial charge >= 0.3 is 5.63 Å². The van der Waals surface area contributed by atoms with Crippen LogP contribution < -0.4 is 10.4 Å². The van der Waals surface area contributed by atoms with Crippen molar-refractivity contribution >= 4 is 11.0 Å². The molecule has 0 unspecified atom stereocenters. The van der Waals surface area contributed by atoms with Crippen LogP contribution >= 0.6 is 0 Å². The van der Waals surface area contributed by atoms with Crippen LogP contribution in [0.2, 0.25) is 0 Å². The zero-order valence-corrected chi connectivity index (χ0v) is 14.1. The normalized spacial score (nSPS) is 11.0. The highest BCUT2D eigenvalue weighted by Gasteiger charge is 2.10. The molecule has 0 fully saturated rings. The van der Waals surface area contributed by atoms with Crippen LogP contribution in [0.3, 0.4) is 0 Å². The second-order valence-corrected chi connectivity index (χ2v) is 5.76. The maximum Gasteiger partial charge on any atom is 0.336 e. The van der Waals surface area contributed by atoms with Gasteiger partial charge in [0.05, 0.1) is 0 Å². The minimum Gasteiger partial charge on any atom is -0.484 e. The van der Waals surface area contributed by atoms with Crippen molar-refractivity contribution in [2.75, 3.05) is 0 Å². The van der Waals surface area contributed by atoms with E-state index in [1.807, 2.05) is 49.4 Å². The Morgan fingerprint density at radius 3 is 2.65 bits per heavy atom. The van der Waals surface area contributed by atoms with Gasteiger partial charge in [0.25, 0.3) is 5.89 Å². The predicted octanol–water partition coefficient (Wildman–Crippen LogP) is 3.98. The second-order valence-electron chi connectivity index (χ2n) is 5.76. The van der Waals surface area contributed by atoms with Crippen molar-refractivity contribution in [1.82, 2.24) is 10.2 Å². The van der Waals surface area contributed by atoms with Crippen molar-refractivity contribution in [3.63, 3.8) is 0 Å². The number of aryl methyl sites for hydroxylation is 1. The molecule has 2 heterocycles. The van der Waals surface area contributed by atoms with Crippen LogP contribution in [-0.2, 0) is 13.0 Å². The number of benzene rings is 2. The van der Waals surface area contributed by atoms with Crippen LogP contribution in [0.5, 0.6) is 5.75 Å². The van der Waals surface area contributed by atoms with Crippen molar-refractivity contribution in [3.8, 4) is 17.2 Å². The number of hydrogen-bond donors (Lipinski definition) is 0. The molecule has 0 aliphatic heterocycles. The Labute approximate surface area is 149 Å². The molecule has 0 aliphatic carbocycles. The van der Waals surface area contributed by atoms with Crippen molar-refractivity contribution < 1.29 is 13.6 Å². The number of nitrogens with zero attached hydrogens (tertiary/aromatic N) is 2. The fourth-order valence-corrected chi connectivity index (χ4v) is 2.75. The van der Waals surface area contributed by atoms with Gasteiger partial charge in [-0.3, -0.25) is 0 Å². The molecule has 2 aromatic heterocycles. The van der Waals surface area contributed by atoms with Crippen LogP contribution in [0.4, 0.5) is 0 Å². The average Bonchev–Trinajstić information content (AvgIpc) is 3.15. The van der Waals surface area contributed by atoms with Gasteiger partial charge in [0.1, 0.15) is 11.3 Å². The molecular weight excluding hydrogens is 332 g/mol. The molecule has 130 valence electrons. The van der Waals surface area contributed by atoms with Gasteiger partial charge in [-0.2, -0.15) is 0 Å².